The van der Waals surface area contributed by atoms with Crippen LogP contribution in [0.25, 0.3) is 0 Å². The molecule has 0 saturated carbocycles. The van der Waals surface area contributed by atoms with Crippen LogP contribution >= 0.6 is 0 Å². The van der Waals surface area contributed by atoms with Crippen LogP contribution in [0.1, 0.15) is 37.5 Å². The highest BCUT2D eigenvalue weighted by atomic mass is 16.5. The summed E-state index contributed by atoms with van der Waals surface area (Å²) in [5.41, 5.74) is 0. The molecule has 2 unspecified atom stereocenters. The molecule has 1 saturated heterocycles. The summed E-state index contributed by atoms with van der Waals surface area (Å²) in [7, 11) is 4.05. The number of hydrogen-bond acceptors (Lipinski definition) is 5. The molecular formula is C11H20N4O. The highest BCUT2D eigenvalue weighted by Crippen LogP contribution is 2.28. The van der Waals surface area contributed by atoms with E-state index in [1.165, 1.54) is 6.42 Å². The fraction of sp³-hybridized carbons (Fsp3) is 0.818. The van der Waals surface area contributed by atoms with E-state index in [-0.39, 0.29) is 0 Å². The maximum Gasteiger partial charge on any atom is 0.243 e. The maximum atomic E-state index is 5.33. The molecule has 5 nitrogen and oxygen atoms in total. The van der Waals surface area contributed by atoms with Crippen LogP contribution in [-0.2, 0) is 6.42 Å². The molecule has 1 aliphatic heterocycles. The third-order valence-corrected chi connectivity index (χ3v) is 3.27. The van der Waals surface area contributed by atoms with E-state index in [1.807, 2.05) is 7.05 Å². The first-order chi connectivity index (χ1) is 7.70. The maximum absolute atomic E-state index is 5.33. The van der Waals surface area contributed by atoms with Gasteiger partial charge in [-0.25, -0.2) is 0 Å². The average molecular weight is 224 g/mol. The van der Waals surface area contributed by atoms with Crippen molar-refractivity contribution in [3.05, 3.63) is 11.7 Å². The Balaban J connectivity index is 2.01. The SMILES string of the molecule is CNC(C)Cc1noc(C2CCCN2C)n1. The van der Waals surface area contributed by atoms with Gasteiger partial charge in [0.1, 0.15) is 0 Å². The fourth-order valence-electron chi connectivity index (χ4n) is 2.08. The Bertz CT molecular complexity index is 338. The molecule has 1 aromatic rings. The van der Waals surface area contributed by atoms with E-state index in [2.05, 4.69) is 34.3 Å². The van der Waals surface area contributed by atoms with Gasteiger partial charge in [0.05, 0.1) is 6.04 Å². The minimum absolute atomic E-state index is 0.325. The van der Waals surface area contributed by atoms with Crippen LogP contribution in [0.4, 0.5) is 0 Å². The largest absolute Gasteiger partial charge is 0.338 e. The zero-order valence-corrected chi connectivity index (χ0v) is 10.2. The average Bonchev–Trinajstić information content (AvgIpc) is 2.86. The molecular weight excluding hydrogens is 204 g/mol. The minimum Gasteiger partial charge on any atom is -0.338 e. The Labute approximate surface area is 96.2 Å². The van der Waals surface area contributed by atoms with Crippen LogP contribution in [0.3, 0.4) is 0 Å². The van der Waals surface area contributed by atoms with Crippen LogP contribution in [0.2, 0.25) is 0 Å². The van der Waals surface area contributed by atoms with E-state index < -0.39 is 0 Å². The molecule has 1 fully saturated rings. The lowest BCUT2D eigenvalue weighted by Gasteiger charge is -2.14. The summed E-state index contributed by atoms with van der Waals surface area (Å²) < 4.78 is 5.33. The summed E-state index contributed by atoms with van der Waals surface area (Å²) in [6.07, 6.45) is 3.15. The Morgan fingerprint density at radius 3 is 3.06 bits per heavy atom. The quantitative estimate of drug-likeness (QED) is 0.826. The summed E-state index contributed by atoms with van der Waals surface area (Å²) in [4.78, 5) is 6.75. The summed E-state index contributed by atoms with van der Waals surface area (Å²) in [5.74, 6) is 1.58. The van der Waals surface area contributed by atoms with Crippen LogP contribution in [0.5, 0.6) is 0 Å². The van der Waals surface area contributed by atoms with Gasteiger partial charge in [-0.15, -0.1) is 0 Å². The van der Waals surface area contributed by atoms with Gasteiger partial charge in [-0.05, 0) is 40.4 Å². The Morgan fingerprint density at radius 1 is 1.62 bits per heavy atom. The van der Waals surface area contributed by atoms with Crippen molar-refractivity contribution in [1.82, 2.24) is 20.4 Å². The monoisotopic (exact) mass is 224 g/mol. The molecule has 16 heavy (non-hydrogen) atoms. The normalized spacial score (nSPS) is 23.8. The van der Waals surface area contributed by atoms with Crippen molar-refractivity contribution in [1.29, 1.82) is 0 Å². The number of likely N-dealkylation sites (tertiary alicyclic amines) is 1. The molecule has 0 amide bonds. The van der Waals surface area contributed by atoms with Gasteiger partial charge in [0.2, 0.25) is 5.89 Å². The molecule has 0 spiro atoms. The molecule has 5 heteroatoms. The summed E-state index contributed by atoms with van der Waals surface area (Å²) in [6, 6.07) is 0.706. The number of nitrogens with one attached hydrogen (secondary N) is 1. The number of likely N-dealkylation sites (N-methyl/N-ethyl adjacent to an activating group) is 1. The third kappa shape index (κ3) is 2.41. The molecule has 2 rings (SSSR count). The van der Waals surface area contributed by atoms with E-state index in [0.717, 1.165) is 31.1 Å². The number of nitrogens with zero attached hydrogens (tertiary/aromatic N) is 3. The predicted octanol–water partition coefficient (Wildman–Crippen LogP) is 0.987. The lowest BCUT2D eigenvalue weighted by molar-refractivity contribution is 0.244. The van der Waals surface area contributed by atoms with Crippen LogP contribution in [-0.4, -0.2) is 41.7 Å². The lowest BCUT2D eigenvalue weighted by atomic mass is 10.2. The molecule has 0 radical (unpaired) electrons. The zero-order valence-electron chi connectivity index (χ0n) is 10.2. The van der Waals surface area contributed by atoms with Crippen molar-refractivity contribution in [2.24, 2.45) is 0 Å². The van der Waals surface area contributed by atoms with Gasteiger partial charge in [0.25, 0.3) is 0 Å². The van der Waals surface area contributed by atoms with Gasteiger partial charge >= 0.3 is 0 Å². The number of rotatable bonds is 4. The lowest BCUT2D eigenvalue weighted by Crippen LogP contribution is -2.24. The van der Waals surface area contributed by atoms with E-state index in [9.17, 15) is 0 Å². The predicted molar refractivity (Wildman–Crippen MR) is 61.1 cm³/mol. The minimum atomic E-state index is 0.325. The molecule has 2 heterocycles. The van der Waals surface area contributed by atoms with Crippen molar-refractivity contribution in [3.63, 3.8) is 0 Å². The summed E-state index contributed by atoms with van der Waals surface area (Å²) in [5, 5.41) is 7.20. The van der Waals surface area contributed by atoms with Crippen molar-refractivity contribution in [2.75, 3.05) is 20.6 Å². The van der Waals surface area contributed by atoms with E-state index in [1.54, 1.807) is 0 Å². The summed E-state index contributed by atoms with van der Waals surface area (Å²) in [6.45, 7) is 3.23. The standard InChI is InChI=1S/C11H20N4O/c1-8(12-2)7-10-13-11(16-14-10)9-5-4-6-15(9)3/h8-9,12H,4-7H2,1-3H3. The molecule has 2 atom stereocenters. The first-order valence-corrected chi connectivity index (χ1v) is 5.90. The number of aromatic nitrogens is 2. The Hall–Kier alpha value is -0.940. The third-order valence-electron chi connectivity index (χ3n) is 3.27. The van der Waals surface area contributed by atoms with Crippen LogP contribution in [0, 0.1) is 0 Å². The first-order valence-electron chi connectivity index (χ1n) is 5.90. The van der Waals surface area contributed by atoms with E-state index in [0.29, 0.717) is 12.1 Å². The smallest absolute Gasteiger partial charge is 0.243 e. The van der Waals surface area contributed by atoms with Gasteiger partial charge in [0, 0.05) is 12.5 Å². The second-order valence-corrected chi connectivity index (χ2v) is 4.58. The summed E-state index contributed by atoms with van der Waals surface area (Å²) >= 11 is 0. The number of hydrogen-bond donors (Lipinski definition) is 1. The molecule has 0 bridgehead atoms. The van der Waals surface area contributed by atoms with Crippen molar-refractivity contribution in [3.8, 4) is 0 Å². The van der Waals surface area contributed by atoms with E-state index >= 15 is 0 Å². The highest BCUT2D eigenvalue weighted by Gasteiger charge is 2.27. The van der Waals surface area contributed by atoms with Crippen LogP contribution < -0.4 is 5.32 Å². The van der Waals surface area contributed by atoms with E-state index in [4.69, 9.17) is 4.52 Å². The van der Waals surface area contributed by atoms with Crippen molar-refractivity contribution in [2.45, 2.75) is 38.3 Å². The molecule has 1 N–H and O–H groups in total. The van der Waals surface area contributed by atoms with Crippen LogP contribution in [0.15, 0.2) is 4.52 Å². The molecule has 0 aromatic carbocycles. The first kappa shape index (κ1) is 11.5. The molecule has 0 aliphatic carbocycles. The second-order valence-electron chi connectivity index (χ2n) is 4.58. The molecule has 90 valence electrons. The van der Waals surface area contributed by atoms with Gasteiger partial charge in [-0.3, -0.25) is 4.90 Å². The zero-order chi connectivity index (χ0) is 11.5. The van der Waals surface area contributed by atoms with Crippen molar-refractivity contribution < 1.29 is 4.52 Å². The molecule has 1 aromatic heterocycles. The Morgan fingerprint density at radius 2 is 2.44 bits per heavy atom. The van der Waals surface area contributed by atoms with Gasteiger partial charge < -0.3 is 9.84 Å². The second kappa shape index (κ2) is 4.93. The van der Waals surface area contributed by atoms with Gasteiger partial charge in [-0.1, -0.05) is 5.16 Å². The topological polar surface area (TPSA) is 54.2 Å². The highest BCUT2D eigenvalue weighted by molar-refractivity contribution is 4.97. The Kier molecular flexibility index (Phi) is 3.56. The fourth-order valence-corrected chi connectivity index (χ4v) is 2.08. The van der Waals surface area contributed by atoms with Gasteiger partial charge in [0.15, 0.2) is 5.82 Å². The van der Waals surface area contributed by atoms with Gasteiger partial charge in [-0.2, -0.15) is 4.98 Å². The van der Waals surface area contributed by atoms with Crippen molar-refractivity contribution >= 4 is 0 Å². The molecule has 1 aliphatic rings.